The summed E-state index contributed by atoms with van der Waals surface area (Å²) in [5.74, 6) is 0.0570. The molecule has 0 spiro atoms. The predicted octanol–water partition coefficient (Wildman–Crippen LogP) is 0.840. The first-order chi connectivity index (χ1) is 6.31. The Morgan fingerprint density at radius 2 is 1.86 bits per heavy atom. The lowest BCUT2D eigenvalue weighted by atomic mass is 10.2. The van der Waals surface area contributed by atoms with Crippen LogP contribution in [-0.2, 0) is 19.3 Å². The van der Waals surface area contributed by atoms with Crippen LogP contribution in [0.3, 0.4) is 0 Å². The molecule has 0 heterocycles. The standard InChI is InChI=1S/C8H16O5S/c1-7(2)6-13-8(9)12-4-5-14(3,10)11/h7H,4-6H2,1-3H3. The molecule has 0 N–H and O–H groups in total. The number of rotatable bonds is 5. The second kappa shape index (κ2) is 5.85. The summed E-state index contributed by atoms with van der Waals surface area (Å²) in [7, 11) is -3.08. The van der Waals surface area contributed by atoms with E-state index in [9.17, 15) is 13.2 Å². The van der Waals surface area contributed by atoms with Gasteiger partial charge in [-0.3, -0.25) is 0 Å². The molecular weight excluding hydrogens is 208 g/mol. The number of sulfone groups is 1. The molecule has 84 valence electrons. The van der Waals surface area contributed by atoms with Crippen molar-refractivity contribution in [3.05, 3.63) is 0 Å². The van der Waals surface area contributed by atoms with Crippen molar-refractivity contribution in [2.24, 2.45) is 5.92 Å². The molecule has 6 heteroatoms. The summed E-state index contributed by atoms with van der Waals surface area (Å²) in [6.07, 6.45) is 0.262. The number of carbonyl (C=O) groups excluding carboxylic acids is 1. The van der Waals surface area contributed by atoms with Gasteiger partial charge in [-0.05, 0) is 5.92 Å². The molecule has 0 aliphatic rings. The van der Waals surface area contributed by atoms with E-state index in [0.717, 1.165) is 6.26 Å². The molecule has 0 aromatic rings. The lowest BCUT2D eigenvalue weighted by Gasteiger charge is -2.07. The van der Waals surface area contributed by atoms with Crippen molar-refractivity contribution in [2.75, 3.05) is 25.2 Å². The van der Waals surface area contributed by atoms with Crippen molar-refractivity contribution in [3.63, 3.8) is 0 Å². The number of ether oxygens (including phenoxy) is 2. The summed E-state index contributed by atoms with van der Waals surface area (Å²) in [5, 5.41) is 0. The van der Waals surface area contributed by atoms with Gasteiger partial charge in [0.25, 0.3) is 0 Å². The van der Waals surface area contributed by atoms with Crippen LogP contribution in [0.5, 0.6) is 0 Å². The van der Waals surface area contributed by atoms with E-state index in [-0.39, 0.29) is 24.9 Å². The smallest absolute Gasteiger partial charge is 0.434 e. The highest BCUT2D eigenvalue weighted by molar-refractivity contribution is 7.90. The fourth-order valence-corrected chi connectivity index (χ4v) is 0.939. The lowest BCUT2D eigenvalue weighted by Crippen LogP contribution is -2.16. The van der Waals surface area contributed by atoms with E-state index in [1.165, 1.54) is 0 Å². The molecular formula is C8H16O5S. The molecule has 0 aliphatic carbocycles. The van der Waals surface area contributed by atoms with Crippen molar-refractivity contribution >= 4 is 16.0 Å². The minimum atomic E-state index is -3.08. The lowest BCUT2D eigenvalue weighted by molar-refractivity contribution is 0.0516. The van der Waals surface area contributed by atoms with Gasteiger partial charge in [0.1, 0.15) is 6.61 Å². The summed E-state index contributed by atoms with van der Waals surface area (Å²) in [6, 6.07) is 0. The summed E-state index contributed by atoms with van der Waals surface area (Å²) in [4.78, 5) is 10.8. The van der Waals surface area contributed by atoms with Gasteiger partial charge in [0.05, 0.1) is 12.4 Å². The Bertz CT molecular complexity index is 267. The molecule has 0 fully saturated rings. The Labute approximate surface area is 84.3 Å². The van der Waals surface area contributed by atoms with Gasteiger partial charge in [-0.2, -0.15) is 0 Å². The Hall–Kier alpha value is -0.780. The third-order valence-corrected chi connectivity index (χ3v) is 2.12. The van der Waals surface area contributed by atoms with Gasteiger partial charge in [-0.1, -0.05) is 13.8 Å². The van der Waals surface area contributed by atoms with Gasteiger partial charge in [-0.25, -0.2) is 13.2 Å². The number of hydrogen-bond donors (Lipinski definition) is 0. The van der Waals surface area contributed by atoms with Gasteiger partial charge in [0.15, 0.2) is 9.84 Å². The molecule has 0 aliphatic heterocycles. The molecule has 0 amide bonds. The van der Waals surface area contributed by atoms with Crippen molar-refractivity contribution in [3.8, 4) is 0 Å². The first kappa shape index (κ1) is 13.2. The Morgan fingerprint density at radius 3 is 2.29 bits per heavy atom. The largest absolute Gasteiger partial charge is 0.508 e. The van der Waals surface area contributed by atoms with Gasteiger partial charge in [0.2, 0.25) is 0 Å². The molecule has 0 aromatic heterocycles. The number of carbonyl (C=O) groups is 1. The molecule has 0 saturated carbocycles. The van der Waals surface area contributed by atoms with Crippen LogP contribution in [-0.4, -0.2) is 39.8 Å². The second-order valence-corrected chi connectivity index (χ2v) is 5.69. The van der Waals surface area contributed by atoms with E-state index in [4.69, 9.17) is 0 Å². The van der Waals surface area contributed by atoms with E-state index in [1.54, 1.807) is 0 Å². The average molecular weight is 224 g/mol. The normalized spacial score (nSPS) is 11.4. The van der Waals surface area contributed by atoms with Crippen LogP contribution in [0.15, 0.2) is 0 Å². The molecule has 0 unspecified atom stereocenters. The monoisotopic (exact) mass is 224 g/mol. The molecule has 0 aromatic carbocycles. The zero-order valence-corrected chi connectivity index (χ0v) is 9.46. The zero-order chi connectivity index (χ0) is 11.2. The fourth-order valence-electron chi connectivity index (χ4n) is 0.553. The summed E-state index contributed by atoms with van der Waals surface area (Å²) < 4.78 is 30.5. The Kier molecular flexibility index (Phi) is 5.52. The van der Waals surface area contributed by atoms with E-state index in [2.05, 4.69) is 9.47 Å². The highest BCUT2D eigenvalue weighted by Gasteiger charge is 2.07. The van der Waals surface area contributed by atoms with Crippen LogP contribution in [0.4, 0.5) is 4.79 Å². The quantitative estimate of drug-likeness (QED) is 0.647. The molecule has 0 radical (unpaired) electrons. The highest BCUT2D eigenvalue weighted by Crippen LogP contribution is 1.95. The third-order valence-electron chi connectivity index (χ3n) is 1.21. The second-order valence-electron chi connectivity index (χ2n) is 3.43. The van der Waals surface area contributed by atoms with Crippen LogP contribution in [0.2, 0.25) is 0 Å². The van der Waals surface area contributed by atoms with Crippen molar-refractivity contribution < 1.29 is 22.7 Å². The van der Waals surface area contributed by atoms with Crippen LogP contribution >= 0.6 is 0 Å². The predicted molar refractivity (Wildman–Crippen MR) is 51.8 cm³/mol. The van der Waals surface area contributed by atoms with Crippen LogP contribution in [0.1, 0.15) is 13.8 Å². The molecule has 0 saturated heterocycles. The average Bonchev–Trinajstić information content (AvgIpc) is 1.98. The first-order valence-corrected chi connectivity index (χ1v) is 6.34. The third kappa shape index (κ3) is 9.31. The summed E-state index contributed by atoms with van der Waals surface area (Å²) in [5.41, 5.74) is 0. The summed E-state index contributed by atoms with van der Waals surface area (Å²) in [6.45, 7) is 3.90. The SMILES string of the molecule is CC(C)COC(=O)OCCS(C)(=O)=O. The topological polar surface area (TPSA) is 69.7 Å². The fraction of sp³-hybridized carbons (Fsp3) is 0.875. The highest BCUT2D eigenvalue weighted by atomic mass is 32.2. The Morgan fingerprint density at radius 1 is 1.29 bits per heavy atom. The molecule has 5 nitrogen and oxygen atoms in total. The van der Waals surface area contributed by atoms with Crippen LogP contribution < -0.4 is 0 Å². The maximum absolute atomic E-state index is 10.8. The summed E-state index contributed by atoms with van der Waals surface area (Å²) >= 11 is 0. The molecule has 0 atom stereocenters. The Balaban J connectivity index is 3.55. The first-order valence-electron chi connectivity index (χ1n) is 4.28. The maximum Gasteiger partial charge on any atom is 0.508 e. The van der Waals surface area contributed by atoms with E-state index < -0.39 is 16.0 Å². The van der Waals surface area contributed by atoms with Crippen molar-refractivity contribution in [2.45, 2.75) is 13.8 Å². The van der Waals surface area contributed by atoms with E-state index in [0.29, 0.717) is 0 Å². The van der Waals surface area contributed by atoms with Crippen molar-refractivity contribution in [1.29, 1.82) is 0 Å². The van der Waals surface area contributed by atoms with E-state index in [1.807, 2.05) is 13.8 Å². The van der Waals surface area contributed by atoms with Crippen molar-refractivity contribution in [1.82, 2.24) is 0 Å². The maximum atomic E-state index is 10.8. The van der Waals surface area contributed by atoms with Crippen LogP contribution in [0.25, 0.3) is 0 Å². The minimum absolute atomic E-state index is 0.157. The van der Waals surface area contributed by atoms with Crippen LogP contribution in [0, 0.1) is 5.92 Å². The number of hydrogen-bond acceptors (Lipinski definition) is 5. The zero-order valence-electron chi connectivity index (χ0n) is 8.65. The molecule has 0 bridgehead atoms. The molecule has 14 heavy (non-hydrogen) atoms. The van der Waals surface area contributed by atoms with Gasteiger partial charge < -0.3 is 9.47 Å². The molecule has 0 rings (SSSR count). The van der Waals surface area contributed by atoms with Gasteiger partial charge >= 0.3 is 6.16 Å². The minimum Gasteiger partial charge on any atom is -0.434 e. The van der Waals surface area contributed by atoms with Gasteiger partial charge in [0, 0.05) is 6.26 Å². The van der Waals surface area contributed by atoms with Gasteiger partial charge in [-0.15, -0.1) is 0 Å². The van der Waals surface area contributed by atoms with E-state index >= 15 is 0 Å².